The highest BCUT2D eigenvalue weighted by Crippen LogP contribution is 2.22. The smallest absolute Gasteiger partial charge is 0.434 e. The third-order valence-electron chi connectivity index (χ3n) is 7.43. The van der Waals surface area contributed by atoms with E-state index in [0.29, 0.717) is 12.4 Å². The summed E-state index contributed by atoms with van der Waals surface area (Å²) >= 11 is 0. The molecule has 214 valence electrons. The molecule has 0 aliphatic heterocycles. The first-order chi connectivity index (χ1) is 18.3. The topological polar surface area (TPSA) is 35.5 Å². The molecule has 0 aliphatic rings. The Morgan fingerprint density at radius 1 is 0.541 bits per heavy atom. The number of para-hydroxylation sites is 1. The summed E-state index contributed by atoms with van der Waals surface area (Å²) in [5, 5.41) is 0. The minimum Gasteiger partial charge on any atom is -0.434 e. The van der Waals surface area contributed by atoms with Crippen molar-refractivity contribution in [3.8, 4) is 5.75 Å². The number of unbranched alkanes of at least 4 members (excludes halogenated alkanes) is 21. The largest absolute Gasteiger partial charge is 0.513 e. The number of hydrogen-bond donors (Lipinski definition) is 0. The van der Waals surface area contributed by atoms with Crippen LogP contribution in [0.4, 0.5) is 4.79 Å². The second-order valence-electron chi connectivity index (χ2n) is 11.0. The first-order valence-electron chi connectivity index (χ1n) is 16.2. The van der Waals surface area contributed by atoms with E-state index in [0.717, 1.165) is 31.2 Å². The van der Waals surface area contributed by atoms with Crippen LogP contribution in [-0.4, -0.2) is 12.8 Å². The molecule has 0 amide bonds. The van der Waals surface area contributed by atoms with Crippen molar-refractivity contribution >= 4 is 6.16 Å². The average Bonchev–Trinajstić information content (AvgIpc) is 2.91. The monoisotopic (exact) mass is 516 g/mol. The quantitative estimate of drug-likeness (QED) is 0.0697. The molecule has 0 atom stereocenters. The molecule has 1 aromatic rings. The molecule has 1 aromatic carbocycles. The van der Waals surface area contributed by atoms with Crippen molar-refractivity contribution < 1.29 is 14.3 Å². The Bertz CT molecular complexity index is 627. The van der Waals surface area contributed by atoms with Crippen LogP contribution in [0.15, 0.2) is 24.3 Å². The minimum atomic E-state index is -0.562. The van der Waals surface area contributed by atoms with Gasteiger partial charge in [-0.05, 0) is 30.9 Å². The van der Waals surface area contributed by atoms with Gasteiger partial charge in [0.25, 0.3) is 0 Å². The highest BCUT2D eigenvalue weighted by atomic mass is 16.7. The standard InChI is InChI=1S/C34H60O3/c1-3-5-7-9-11-12-13-14-15-16-17-18-19-21-23-27-31-36-34(35)37-33-30-26-25-29-32(33)28-24-22-20-10-8-6-4-2/h25-26,29-30H,3-24,27-28,31H2,1-2H3. The van der Waals surface area contributed by atoms with E-state index in [9.17, 15) is 4.79 Å². The van der Waals surface area contributed by atoms with Crippen LogP contribution in [0.3, 0.4) is 0 Å². The molecule has 0 spiro atoms. The zero-order chi connectivity index (χ0) is 26.7. The fraction of sp³-hybridized carbons (Fsp3) is 0.794. The minimum absolute atomic E-state index is 0.456. The molecule has 0 radical (unpaired) electrons. The van der Waals surface area contributed by atoms with Gasteiger partial charge >= 0.3 is 6.16 Å². The lowest BCUT2D eigenvalue weighted by molar-refractivity contribution is 0.0969. The second-order valence-corrected chi connectivity index (χ2v) is 11.0. The predicted octanol–water partition coefficient (Wildman–Crippen LogP) is 11.8. The second kappa shape index (κ2) is 26.1. The van der Waals surface area contributed by atoms with Crippen LogP contribution < -0.4 is 4.74 Å². The molecule has 0 aliphatic carbocycles. The van der Waals surface area contributed by atoms with Crippen LogP contribution in [0.25, 0.3) is 0 Å². The first kappa shape index (κ1) is 33.5. The summed E-state index contributed by atoms with van der Waals surface area (Å²) < 4.78 is 10.9. The number of hydrogen-bond acceptors (Lipinski definition) is 3. The van der Waals surface area contributed by atoms with E-state index in [-0.39, 0.29) is 0 Å². The van der Waals surface area contributed by atoms with Gasteiger partial charge in [-0.15, -0.1) is 0 Å². The fourth-order valence-corrected chi connectivity index (χ4v) is 5.01. The van der Waals surface area contributed by atoms with E-state index < -0.39 is 6.16 Å². The number of carbonyl (C=O) groups excluding carboxylic acids is 1. The Kier molecular flexibility index (Phi) is 23.7. The molecular weight excluding hydrogens is 456 g/mol. The van der Waals surface area contributed by atoms with Gasteiger partial charge in [-0.2, -0.15) is 0 Å². The van der Waals surface area contributed by atoms with Gasteiger partial charge in [0.15, 0.2) is 0 Å². The highest BCUT2D eigenvalue weighted by Gasteiger charge is 2.10. The summed E-state index contributed by atoms with van der Waals surface area (Å²) in [7, 11) is 0. The summed E-state index contributed by atoms with van der Waals surface area (Å²) in [5.41, 5.74) is 1.11. The zero-order valence-corrected chi connectivity index (χ0v) is 24.7. The molecule has 0 bridgehead atoms. The van der Waals surface area contributed by atoms with Crippen LogP contribution in [0.2, 0.25) is 0 Å². The SMILES string of the molecule is CCCCCCCCCCCCCCCCCCOC(=O)Oc1ccccc1CCCCCCCCC. The summed E-state index contributed by atoms with van der Waals surface area (Å²) in [6.07, 6.45) is 30.8. The lowest BCUT2D eigenvalue weighted by Gasteiger charge is -2.10. The number of ether oxygens (including phenoxy) is 2. The summed E-state index contributed by atoms with van der Waals surface area (Å²) in [6, 6.07) is 7.89. The van der Waals surface area contributed by atoms with Gasteiger partial charge in [0.2, 0.25) is 0 Å². The maximum absolute atomic E-state index is 12.2. The van der Waals surface area contributed by atoms with Gasteiger partial charge in [-0.1, -0.05) is 167 Å². The zero-order valence-electron chi connectivity index (χ0n) is 24.7. The van der Waals surface area contributed by atoms with Crippen molar-refractivity contribution in [2.24, 2.45) is 0 Å². The van der Waals surface area contributed by atoms with Crippen molar-refractivity contribution in [3.05, 3.63) is 29.8 Å². The molecular formula is C34H60O3. The molecule has 0 saturated heterocycles. The van der Waals surface area contributed by atoms with Crippen LogP contribution >= 0.6 is 0 Å². The van der Waals surface area contributed by atoms with Gasteiger partial charge in [0.05, 0.1) is 6.61 Å². The van der Waals surface area contributed by atoms with Gasteiger partial charge in [-0.3, -0.25) is 0 Å². The normalized spacial score (nSPS) is 11.1. The molecule has 0 aromatic heterocycles. The van der Waals surface area contributed by atoms with Crippen molar-refractivity contribution in [2.45, 2.75) is 168 Å². The lowest BCUT2D eigenvalue weighted by atomic mass is 10.0. The number of benzene rings is 1. The summed E-state index contributed by atoms with van der Waals surface area (Å²) in [5.74, 6) is 0.658. The van der Waals surface area contributed by atoms with Crippen molar-refractivity contribution in [2.75, 3.05) is 6.61 Å². The van der Waals surface area contributed by atoms with Crippen LogP contribution in [0.5, 0.6) is 5.75 Å². The van der Waals surface area contributed by atoms with Crippen molar-refractivity contribution in [3.63, 3.8) is 0 Å². The van der Waals surface area contributed by atoms with Gasteiger partial charge in [-0.25, -0.2) is 4.79 Å². The molecule has 1 rings (SSSR count). The molecule has 0 N–H and O–H groups in total. The van der Waals surface area contributed by atoms with E-state index in [1.165, 1.54) is 128 Å². The number of carbonyl (C=O) groups is 1. The average molecular weight is 517 g/mol. The van der Waals surface area contributed by atoms with Gasteiger partial charge in [0, 0.05) is 0 Å². The molecule has 3 nitrogen and oxygen atoms in total. The fourth-order valence-electron chi connectivity index (χ4n) is 5.01. The maximum atomic E-state index is 12.2. The predicted molar refractivity (Wildman–Crippen MR) is 160 cm³/mol. The highest BCUT2D eigenvalue weighted by molar-refractivity contribution is 5.64. The molecule has 0 saturated carbocycles. The lowest BCUT2D eigenvalue weighted by Crippen LogP contribution is -2.12. The third-order valence-corrected chi connectivity index (χ3v) is 7.43. The van der Waals surface area contributed by atoms with Crippen molar-refractivity contribution in [1.82, 2.24) is 0 Å². The number of aryl methyl sites for hydroxylation is 1. The Morgan fingerprint density at radius 3 is 1.43 bits per heavy atom. The molecule has 0 fully saturated rings. The van der Waals surface area contributed by atoms with E-state index >= 15 is 0 Å². The Morgan fingerprint density at radius 2 is 0.946 bits per heavy atom. The maximum Gasteiger partial charge on any atom is 0.513 e. The first-order valence-corrected chi connectivity index (χ1v) is 16.2. The van der Waals surface area contributed by atoms with E-state index in [1.807, 2.05) is 18.2 Å². The summed E-state index contributed by atoms with van der Waals surface area (Å²) in [6.45, 7) is 4.99. The van der Waals surface area contributed by atoms with Gasteiger partial charge < -0.3 is 9.47 Å². The molecule has 0 unspecified atom stereocenters. The van der Waals surface area contributed by atoms with Crippen LogP contribution in [-0.2, 0) is 11.2 Å². The van der Waals surface area contributed by atoms with E-state index in [1.54, 1.807) is 0 Å². The van der Waals surface area contributed by atoms with Gasteiger partial charge in [0.1, 0.15) is 5.75 Å². The molecule has 0 heterocycles. The van der Waals surface area contributed by atoms with E-state index in [2.05, 4.69) is 19.9 Å². The van der Waals surface area contributed by atoms with Crippen LogP contribution in [0.1, 0.15) is 167 Å². The van der Waals surface area contributed by atoms with E-state index in [4.69, 9.17) is 9.47 Å². The Hall–Kier alpha value is -1.51. The van der Waals surface area contributed by atoms with Crippen molar-refractivity contribution in [1.29, 1.82) is 0 Å². The molecule has 3 heteroatoms. The molecule has 37 heavy (non-hydrogen) atoms. The third kappa shape index (κ3) is 21.1. The Labute approximate surface area is 230 Å². The summed E-state index contributed by atoms with van der Waals surface area (Å²) in [4.78, 5) is 12.2. The van der Waals surface area contributed by atoms with Crippen LogP contribution in [0, 0.1) is 0 Å². The number of rotatable bonds is 26. The Balaban J connectivity index is 1.95.